The lowest BCUT2D eigenvalue weighted by Gasteiger charge is -2.34. The SMILES string of the molecule is CC(C)N1CCC(CCS(C)(=N)=O)CC1. The van der Waals surface area contributed by atoms with Crippen LogP contribution in [0.25, 0.3) is 0 Å². The van der Waals surface area contributed by atoms with E-state index in [1.165, 1.54) is 25.9 Å². The maximum Gasteiger partial charge on any atom is 0.0412 e. The van der Waals surface area contributed by atoms with Crippen molar-refractivity contribution in [3.8, 4) is 0 Å². The highest BCUT2D eigenvalue weighted by atomic mass is 32.2. The summed E-state index contributed by atoms with van der Waals surface area (Å²) in [5, 5.41) is 0. The van der Waals surface area contributed by atoms with Gasteiger partial charge in [-0.15, -0.1) is 0 Å². The third-order valence-corrected chi connectivity index (χ3v) is 4.31. The molecule has 1 fully saturated rings. The summed E-state index contributed by atoms with van der Waals surface area (Å²) in [6.07, 6.45) is 4.96. The van der Waals surface area contributed by atoms with E-state index >= 15 is 0 Å². The second-order valence-electron chi connectivity index (χ2n) is 5.07. The summed E-state index contributed by atoms with van der Waals surface area (Å²) in [6.45, 7) is 6.82. The van der Waals surface area contributed by atoms with Gasteiger partial charge in [0.2, 0.25) is 0 Å². The van der Waals surface area contributed by atoms with E-state index in [9.17, 15) is 4.21 Å². The molecular formula is C11H24N2OS. The molecule has 1 aliphatic rings. The molecule has 0 saturated carbocycles. The minimum atomic E-state index is -2.27. The zero-order valence-electron chi connectivity index (χ0n) is 10.2. The van der Waals surface area contributed by atoms with Crippen molar-refractivity contribution >= 4 is 9.73 Å². The molecular weight excluding hydrogens is 208 g/mol. The summed E-state index contributed by atoms with van der Waals surface area (Å²) in [5.41, 5.74) is 0. The van der Waals surface area contributed by atoms with E-state index in [1.807, 2.05) is 0 Å². The Balaban J connectivity index is 2.26. The summed E-state index contributed by atoms with van der Waals surface area (Å²) in [7, 11) is -2.27. The first-order valence-corrected chi connectivity index (χ1v) is 7.97. The molecule has 0 aliphatic carbocycles. The number of rotatable bonds is 4. The first-order valence-electron chi connectivity index (χ1n) is 5.84. The van der Waals surface area contributed by atoms with Crippen LogP contribution in [0, 0.1) is 10.7 Å². The van der Waals surface area contributed by atoms with Gasteiger partial charge in [0.25, 0.3) is 0 Å². The number of hydrogen-bond acceptors (Lipinski definition) is 3. The van der Waals surface area contributed by atoms with E-state index in [0.717, 1.165) is 6.42 Å². The number of nitrogens with one attached hydrogen (secondary N) is 1. The third kappa shape index (κ3) is 4.98. The van der Waals surface area contributed by atoms with Gasteiger partial charge in [-0.2, -0.15) is 0 Å². The Morgan fingerprint density at radius 2 is 1.93 bits per heavy atom. The van der Waals surface area contributed by atoms with Crippen LogP contribution in [0.4, 0.5) is 0 Å². The van der Waals surface area contributed by atoms with Gasteiger partial charge >= 0.3 is 0 Å². The van der Waals surface area contributed by atoms with Crippen LogP contribution < -0.4 is 0 Å². The predicted octanol–water partition coefficient (Wildman–Crippen LogP) is 2.17. The molecule has 0 aromatic heterocycles. The van der Waals surface area contributed by atoms with Gasteiger partial charge < -0.3 is 4.90 Å². The fourth-order valence-corrected chi connectivity index (χ4v) is 2.93. The van der Waals surface area contributed by atoms with Crippen LogP contribution in [0.2, 0.25) is 0 Å². The quantitative estimate of drug-likeness (QED) is 0.807. The molecule has 3 nitrogen and oxygen atoms in total. The van der Waals surface area contributed by atoms with Crippen molar-refractivity contribution in [1.82, 2.24) is 4.90 Å². The highest BCUT2D eigenvalue weighted by molar-refractivity contribution is 7.91. The van der Waals surface area contributed by atoms with Gasteiger partial charge in [-0.3, -0.25) is 8.99 Å². The number of hydrogen-bond donors (Lipinski definition) is 1. The van der Waals surface area contributed by atoms with Crippen LogP contribution in [-0.4, -0.2) is 40.2 Å². The van der Waals surface area contributed by atoms with E-state index in [4.69, 9.17) is 4.78 Å². The van der Waals surface area contributed by atoms with E-state index in [0.29, 0.717) is 17.7 Å². The molecule has 90 valence electrons. The molecule has 15 heavy (non-hydrogen) atoms. The van der Waals surface area contributed by atoms with Gasteiger partial charge in [0.05, 0.1) is 0 Å². The topological polar surface area (TPSA) is 44.2 Å². The molecule has 0 spiro atoms. The molecule has 1 N–H and O–H groups in total. The molecule has 1 heterocycles. The lowest BCUT2D eigenvalue weighted by atomic mass is 9.94. The summed E-state index contributed by atoms with van der Waals surface area (Å²) in [6, 6.07) is 0.650. The van der Waals surface area contributed by atoms with E-state index in [2.05, 4.69) is 18.7 Å². The Morgan fingerprint density at radius 1 is 1.40 bits per heavy atom. The Labute approximate surface area is 94.2 Å². The van der Waals surface area contributed by atoms with Crippen LogP contribution in [0.3, 0.4) is 0 Å². The average molecular weight is 232 g/mol. The van der Waals surface area contributed by atoms with Crippen molar-refractivity contribution in [2.75, 3.05) is 25.1 Å². The van der Waals surface area contributed by atoms with Crippen LogP contribution in [0.1, 0.15) is 33.1 Å². The van der Waals surface area contributed by atoms with Crippen molar-refractivity contribution in [2.45, 2.75) is 39.2 Å². The first-order chi connectivity index (χ1) is 6.88. The van der Waals surface area contributed by atoms with Crippen molar-refractivity contribution in [1.29, 1.82) is 4.78 Å². The summed E-state index contributed by atoms with van der Waals surface area (Å²) in [4.78, 5) is 2.50. The van der Waals surface area contributed by atoms with Crippen LogP contribution in [0.15, 0.2) is 0 Å². The van der Waals surface area contributed by atoms with Crippen molar-refractivity contribution in [2.24, 2.45) is 5.92 Å². The lowest BCUT2D eigenvalue weighted by Crippen LogP contribution is -2.38. The molecule has 0 aromatic rings. The number of likely N-dealkylation sites (tertiary alicyclic amines) is 1. The molecule has 1 unspecified atom stereocenters. The maximum absolute atomic E-state index is 11.3. The van der Waals surface area contributed by atoms with E-state index in [1.54, 1.807) is 6.26 Å². The Hall–Kier alpha value is -0.0900. The van der Waals surface area contributed by atoms with Gasteiger partial charge in [0.1, 0.15) is 0 Å². The molecule has 0 aromatic carbocycles. The minimum Gasteiger partial charge on any atom is -0.301 e. The normalized spacial score (nSPS) is 24.3. The lowest BCUT2D eigenvalue weighted by molar-refractivity contribution is 0.148. The van der Waals surface area contributed by atoms with Gasteiger partial charge in [-0.25, -0.2) is 0 Å². The van der Waals surface area contributed by atoms with Gasteiger partial charge in [0, 0.05) is 27.8 Å². The molecule has 1 saturated heterocycles. The molecule has 0 radical (unpaired) electrons. The highest BCUT2D eigenvalue weighted by Gasteiger charge is 2.20. The second kappa shape index (κ2) is 5.30. The molecule has 4 heteroatoms. The Kier molecular flexibility index (Phi) is 4.59. The fraction of sp³-hybridized carbons (Fsp3) is 1.00. The van der Waals surface area contributed by atoms with Crippen molar-refractivity contribution in [3.63, 3.8) is 0 Å². The highest BCUT2D eigenvalue weighted by Crippen LogP contribution is 2.22. The minimum absolute atomic E-state index is 0.583. The maximum atomic E-state index is 11.3. The molecule has 1 atom stereocenters. The number of piperidine rings is 1. The molecule has 0 bridgehead atoms. The average Bonchev–Trinajstić information content (AvgIpc) is 2.14. The summed E-state index contributed by atoms with van der Waals surface area (Å²) < 4.78 is 18.6. The van der Waals surface area contributed by atoms with Gasteiger partial charge in [0.15, 0.2) is 0 Å². The Bertz CT molecular complexity index is 277. The van der Waals surface area contributed by atoms with Gasteiger partial charge in [-0.1, -0.05) is 0 Å². The molecule has 1 aliphatic heterocycles. The monoisotopic (exact) mass is 232 g/mol. The smallest absolute Gasteiger partial charge is 0.0412 e. The van der Waals surface area contributed by atoms with Crippen molar-refractivity contribution in [3.05, 3.63) is 0 Å². The van der Waals surface area contributed by atoms with Crippen molar-refractivity contribution < 1.29 is 4.21 Å². The zero-order valence-corrected chi connectivity index (χ0v) is 11.0. The van der Waals surface area contributed by atoms with E-state index < -0.39 is 9.73 Å². The standard InChI is InChI=1S/C11H24N2OS/c1-10(2)13-7-4-11(5-8-13)6-9-15(3,12)14/h10-12H,4-9H2,1-3H3. The number of nitrogens with zero attached hydrogens (tertiary/aromatic N) is 1. The van der Waals surface area contributed by atoms with Crippen LogP contribution >= 0.6 is 0 Å². The predicted molar refractivity (Wildman–Crippen MR) is 65.7 cm³/mol. The first kappa shape index (κ1) is 13.0. The molecule has 1 rings (SSSR count). The van der Waals surface area contributed by atoms with E-state index in [-0.39, 0.29) is 0 Å². The summed E-state index contributed by atoms with van der Waals surface area (Å²) in [5.74, 6) is 1.28. The van der Waals surface area contributed by atoms with Crippen LogP contribution in [-0.2, 0) is 9.73 Å². The third-order valence-electron chi connectivity index (χ3n) is 3.30. The zero-order chi connectivity index (χ0) is 11.5. The summed E-state index contributed by atoms with van der Waals surface area (Å²) >= 11 is 0. The van der Waals surface area contributed by atoms with Gasteiger partial charge in [-0.05, 0) is 52.1 Å². The molecule has 0 amide bonds. The Morgan fingerprint density at radius 3 is 2.33 bits per heavy atom. The second-order valence-corrected chi connectivity index (χ2v) is 7.49. The largest absolute Gasteiger partial charge is 0.301 e. The van der Waals surface area contributed by atoms with Crippen LogP contribution in [0.5, 0.6) is 0 Å². The fourth-order valence-electron chi connectivity index (χ4n) is 2.15.